The van der Waals surface area contributed by atoms with E-state index in [9.17, 15) is 4.79 Å². The minimum atomic E-state index is 0.0114. The first-order valence-corrected chi connectivity index (χ1v) is 5.32. The van der Waals surface area contributed by atoms with E-state index in [0.29, 0.717) is 17.3 Å². The Hall–Kier alpha value is -1.61. The predicted molar refractivity (Wildman–Crippen MR) is 62.7 cm³/mol. The molecule has 0 N–H and O–H groups in total. The van der Waals surface area contributed by atoms with Crippen LogP contribution in [0.2, 0.25) is 5.02 Å². The fraction of sp³-hybridized carbons (Fsp3) is 0.167. The highest BCUT2D eigenvalue weighted by Gasteiger charge is 2.08. The van der Waals surface area contributed by atoms with Gasteiger partial charge in [0.05, 0.1) is 6.42 Å². The standard InChI is InChI=1S/C12H11ClN2O/c1-9-14-6-7-15(9)12(16)8-10-2-4-11(13)5-3-10/h2-7H,8H2,1H3. The van der Waals surface area contributed by atoms with Crippen LogP contribution in [-0.4, -0.2) is 15.5 Å². The second kappa shape index (κ2) is 4.49. The van der Waals surface area contributed by atoms with Crippen molar-refractivity contribution in [3.8, 4) is 0 Å². The van der Waals surface area contributed by atoms with E-state index in [2.05, 4.69) is 4.98 Å². The molecule has 0 radical (unpaired) electrons. The normalized spacial score (nSPS) is 10.4. The van der Waals surface area contributed by atoms with E-state index in [4.69, 9.17) is 11.6 Å². The van der Waals surface area contributed by atoms with Gasteiger partial charge in [-0.15, -0.1) is 0 Å². The van der Waals surface area contributed by atoms with E-state index in [1.807, 2.05) is 12.1 Å². The fourth-order valence-electron chi connectivity index (χ4n) is 1.50. The first-order chi connectivity index (χ1) is 7.66. The molecule has 82 valence electrons. The van der Waals surface area contributed by atoms with Crippen LogP contribution in [0.15, 0.2) is 36.7 Å². The molecule has 0 atom stereocenters. The number of benzene rings is 1. The summed E-state index contributed by atoms with van der Waals surface area (Å²) in [5.41, 5.74) is 0.947. The van der Waals surface area contributed by atoms with E-state index in [1.54, 1.807) is 36.0 Å². The molecule has 3 nitrogen and oxygen atoms in total. The Kier molecular flexibility index (Phi) is 3.06. The van der Waals surface area contributed by atoms with Gasteiger partial charge in [-0.1, -0.05) is 23.7 Å². The Morgan fingerprint density at radius 2 is 2.06 bits per heavy atom. The number of hydrogen-bond donors (Lipinski definition) is 0. The van der Waals surface area contributed by atoms with Gasteiger partial charge in [0.25, 0.3) is 0 Å². The third kappa shape index (κ3) is 2.31. The lowest BCUT2D eigenvalue weighted by atomic mass is 10.1. The van der Waals surface area contributed by atoms with Crippen molar-refractivity contribution >= 4 is 17.5 Å². The number of carbonyl (C=O) groups is 1. The summed E-state index contributed by atoms with van der Waals surface area (Å²) in [4.78, 5) is 15.9. The molecule has 1 aromatic heterocycles. The van der Waals surface area contributed by atoms with Crippen LogP contribution in [-0.2, 0) is 6.42 Å². The van der Waals surface area contributed by atoms with Gasteiger partial charge in [-0.3, -0.25) is 9.36 Å². The van der Waals surface area contributed by atoms with E-state index in [-0.39, 0.29) is 5.91 Å². The van der Waals surface area contributed by atoms with Crippen LogP contribution >= 0.6 is 11.6 Å². The molecule has 0 spiro atoms. The molecule has 0 saturated carbocycles. The zero-order chi connectivity index (χ0) is 11.5. The number of rotatable bonds is 2. The number of carbonyl (C=O) groups excluding carboxylic acids is 1. The Balaban J connectivity index is 2.14. The second-order valence-corrected chi connectivity index (χ2v) is 3.98. The maximum Gasteiger partial charge on any atom is 0.236 e. The Morgan fingerprint density at radius 3 is 2.62 bits per heavy atom. The molecule has 2 rings (SSSR count). The molecule has 2 aromatic rings. The summed E-state index contributed by atoms with van der Waals surface area (Å²) in [6.07, 6.45) is 3.65. The predicted octanol–water partition coefficient (Wildman–Crippen LogP) is 2.73. The lowest BCUT2D eigenvalue weighted by molar-refractivity contribution is 0.0911. The van der Waals surface area contributed by atoms with Crippen LogP contribution < -0.4 is 0 Å². The smallest absolute Gasteiger partial charge is 0.236 e. The van der Waals surface area contributed by atoms with Crippen LogP contribution in [0.5, 0.6) is 0 Å². The first-order valence-electron chi connectivity index (χ1n) is 4.94. The molecule has 4 heteroatoms. The topological polar surface area (TPSA) is 34.9 Å². The Labute approximate surface area is 98.7 Å². The molecular formula is C12H11ClN2O. The van der Waals surface area contributed by atoms with Crippen molar-refractivity contribution in [2.24, 2.45) is 0 Å². The minimum absolute atomic E-state index is 0.0114. The van der Waals surface area contributed by atoms with Crippen LogP contribution in [0.25, 0.3) is 0 Å². The van der Waals surface area contributed by atoms with Gasteiger partial charge >= 0.3 is 0 Å². The van der Waals surface area contributed by atoms with Gasteiger partial charge < -0.3 is 0 Å². The minimum Gasteiger partial charge on any atom is -0.274 e. The van der Waals surface area contributed by atoms with Crippen molar-refractivity contribution in [2.45, 2.75) is 13.3 Å². The maximum atomic E-state index is 11.9. The first kappa shape index (κ1) is 10.9. The lowest BCUT2D eigenvalue weighted by Gasteiger charge is -2.03. The molecule has 0 unspecified atom stereocenters. The number of aromatic nitrogens is 2. The highest BCUT2D eigenvalue weighted by atomic mass is 35.5. The number of nitrogens with zero attached hydrogens (tertiary/aromatic N) is 2. The molecule has 0 aliphatic heterocycles. The summed E-state index contributed by atoms with van der Waals surface area (Å²) in [7, 11) is 0. The average Bonchev–Trinajstić information content (AvgIpc) is 2.68. The third-order valence-corrected chi connectivity index (χ3v) is 2.62. The number of imidazole rings is 1. The summed E-state index contributed by atoms with van der Waals surface area (Å²) >= 11 is 5.77. The molecule has 0 bridgehead atoms. The fourth-order valence-corrected chi connectivity index (χ4v) is 1.63. The molecule has 0 amide bonds. The largest absolute Gasteiger partial charge is 0.274 e. The summed E-state index contributed by atoms with van der Waals surface area (Å²) in [5.74, 6) is 0.719. The molecule has 0 aliphatic rings. The van der Waals surface area contributed by atoms with Gasteiger partial charge in [0.2, 0.25) is 5.91 Å². The second-order valence-electron chi connectivity index (χ2n) is 3.54. The Morgan fingerprint density at radius 1 is 1.38 bits per heavy atom. The van der Waals surface area contributed by atoms with Crippen molar-refractivity contribution in [1.82, 2.24) is 9.55 Å². The van der Waals surface area contributed by atoms with Gasteiger partial charge in [0, 0.05) is 17.4 Å². The molecule has 1 heterocycles. The van der Waals surface area contributed by atoms with E-state index in [1.165, 1.54) is 0 Å². The van der Waals surface area contributed by atoms with Crippen molar-refractivity contribution in [3.05, 3.63) is 53.1 Å². The summed E-state index contributed by atoms with van der Waals surface area (Å²) in [6, 6.07) is 7.27. The van der Waals surface area contributed by atoms with Gasteiger partial charge in [-0.05, 0) is 24.6 Å². The van der Waals surface area contributed by atoms with Crippen molar-refractivity contribution in [3.63, 3.8) is 0 Å². The van der Waals surface area contributed by atoms with Crippen LogP contribution in [0.4, 0.5) is 0 Å². The number of halogens is 1. The molecule has 0 saturated heterocycles. The van der Waals surface area contributed by atoms with Gasteiger partial charge in [0.15, 0.2) is 0 Å². The highest BCUT2D eigenvalue weighted by Crippen LogP contribution is 2.10. The molecular weight excluding hydrogens is 224 g/mol. The number of hydrogen-bond acceptors (Lipinski definition) is 2. The zero-order valence-corrected chi connectivity index (χ0v) is 9.61. The quantitative estimate of drug-likeness (QED) is 0.801. The van der Waals surface area contributed by atoms with Gasteiger partial charge in [-0.2, -0.15) is 0 Å². The zero-order valence-electron chi connectivity index (χ0n) is 8.85. The van der Waals surface area contributed by atoms with Gasteiger partial charge in [-0.25, -0.2) is 4.98 Å². The summed E-state index contributed by atoms with van der Waals surface area (Å²) in [5, 5.41) is 0.676. The monoisotopic (exact) mass is 234 g/mol. The van der Waals surface area contributed by atoms with Crippen LogP contribution in [0.3, 0.4) is 0 Å². The van der Waals surface area contributed by atoms with E-state index in [0.717, 1.165) is 5.56 Å². The lowest BCUT2D eigenvalue weighted by Crippen LogP contribution is -2.14. The van der Waals surface area contributed by atoms with Crippen molar-refractivity contribution in [1.29, 1.82) is 0 Å². The van der Waals surface area contributed by atoms with E-state index < -0.39 is 0 Å². The average molecular weight is 235 g/mol. The summed E-state index contributed by atoms with van der Waals surface area (Å²) in [6.45, 7) is 1.81. The molecule has 0 aliphatic carbocycles. The van der Waals surface area contributed by atoms with E-state index >= 15 is 0 Å². The SMILES string of the molecule is Cc1nccn1C(=O)Cc1ccc(Cl)cc1. The van der Waals surface area contributed by atoms with Crippen LogP contribution in [0, 0.1) is 6.92 Å². The van der Waals surface area contributed by atoms with Gasteiger partial charge in [0.1, 0.15) is 5.82 Å². The summed E-state index contributed by atoms with van der Waals surface area (Å²) < 4.78 is 1.55. The van der Waals surface area contributed by atoms with Crippen molar-refractivity contribution in [2.75, 3.05) is 0 Å². The van der Waals surface area contributed by atoms with Crippen LogP contribution in [0.1, 0.15) is 16.2 Å². The Bertz CT molecular complexity index is 502. The maximum absolute atomic E-state index is 11.9. The molecule has 0 fully saturated rings. The molecule has 1 aromatic carbocycles. The number of aryl methyl sites for hydroxylation is 1. The highest BCUT2D eigenvalue weighted by molar-refractivity contribution is 6.30. The van der Waals surface area contributed by atoms with Crippen molar-refractivity contribution < 1.29 is 4.79 Å². The molecule has 16 heavy (non-hydrogen) atoms. The third-order valence-electron chi connectivity index (χ3n) is 2.36.